The van der Waals surface area contributed by atoms with Gasteiger partial charge in [-0.2, -0.15) is 0 Å². The Morgan fingerprint density at radius 2 is 1.93 bits per heavy atom. The van der Waals surface area contributed by atoms with Gasteiger partial charge in [0.1, 0.15) is 11.8 Å². The van der Waals surface area contributed by atoms with Crippen LogP contribution in [0.5, 0.6) is 5.75 Å². The molecule has 2 amide bonds. The molecule has 1 atom stereocenters. The fourth-order valence-corrected chi connectivity index (χ4v) is 3.23. The fraction of sp³-hybridized carbons (Fsp3) is 0.318. The van der Waals surface area contributed by atoms with Crippen LogP contribution in [0.25, 0.3) is 0 Å². The van der Waals surface area contributed by atoms with E-state index in [0.29, 0.717) is 25.1 Å². The molecule has 0 saturated carbocycles. The molecule has 1 aliphatic rings. The van der Waals surface area contributed by atoms with Crippen molar-refractivity contribution in [1.29, 1.82) is 0 Å². The van der Waals surface area contributed by atoms with Crippen molar-refractivity contribution in [2.24, 2.45) is 0 Å². The summed E-state index contributed by atoms with van der Waals surface area (Å²) in [5.74, 6) is -0.382. The highest BCUT2D eigenvalue weighted by Gasteiger charge is 2.23. The number of rotatable bonds is 8. The van der Waals surface area contributed by atoms with Gasteiger partial charge in [-0.25, -0.2) is 4.79 Å². The van der Waals surface area contributed by atoms with Gasteiger partial charge in [0.25, 0.3) is 5.91 Å². The minimum Gasteiger partial charge on any atom is -0.484 e. The summed E-state index contributed by atoms with van der Waals surface area (Å²) in [4.78, 5) is 38.0. The third-order valence-corrected chi connectivity index (χ3v) is 4.68. The average molecular weight is 396 g/mol. The predicted molar refractivity (Wildman–Crippen MR) is 108 cm³/mol. The Morgan fingerprint density at radius 1 is 1.14 bits per heavy atom. The molecule has 2 aromatic rings. The molecule has 1 aliphatic heterocycles. The van der Waals surface area contributed by atoms with Crippen molar-refractivity contribution in [1.82, 2.24) is 5.32 Å². The van der Waals surface area contributed by atoms with Gasteiger partial charge in [0.05, 0.1) is 7.11 Å². The van der Waals surface area contributed by atoms with E-state index in [4.69, 9.17) is 9.47 Å². The smallest absolute Gasteiger partial charge is 0.328 e. The Labute approximate surface area is 169 Å². The minimum absolute atomic E-state index is 0.0849. The van der Waals surface area contributed by atoms with Gasteiger partial charge in [-0.15, -0.1) is 0 Å². The summed E-state index contributed by atoms with van der Waals surface area (Å²) in [5.41, 5.74) is 1.66. The fourth-order valence-electron chi connectivity index (χ4n) is 3.23. The number of esters is 1. The van der Waals surface area contributed by atoms with Crippen LogP contribution in [0.15, 0.2) is 54.6 Å². The third kappa shape index (κ3) is 5.57. The maximum Gasteiger partial charge on any atom is 0.328 e. The standard InChI is InChI=1S/C22H24N2O5/c1-28-22(27)19(13-16-7-3-2-4-8-16)23-20(25)15-29-18-10-5-9-17(14-18)24-12-6-11-21(24)26/h2-5,7-10,14,19H,6,11-13,15H2,1H3,(H,23,25)/t19-/m0/s1. The maximum atomic E-state index is 12.3. The number of ether oxygens (including phenoxy) is 2. The monoisotopic (exact) mass is 396 g/mol. The van der Waals surface area contributed by atoms with Gasteiger partial charge in [0.2, 0.25) is 5.91 Å². The van der Waals surface area contributed by atoms with Crippen LogP contribution in [0.1, 0.15) is 18.4 Å². The lowest BCUT2D eigenvalue weighted by molar-refractivity contribution is -0.145. The summed E-state index contributed by atoms with van der Waals surface area (Å²) in [6, 6.07) is 15.6. The number of nitrogens with one attached hydrogen (secondary N) is 1. The van der Waals surface area contributed by atoms with Crippen LogP contribution in [0, 0.1) is 0 Å². The average Bonchev–Trinajstić information content (AvgIpc) is 3.18. The molecule has 1 N–H and O–H groups in total. The zero-order valence-electron chi connectivity index (χ0n) is 16.3. The first-order valence-corrected chi connectivity index (χ1v) is 9.51. The predicted octanol–water partition coefficient (Wildman–Crippen LogP) is 2.09. The van der Waals surface area contributed by atoms with E-state index < -0.39 is 17.9 Å². The number of hydrogen-bond donors (Lipinski definition) is 1. The SMILES string of the molecule is COC(=O)[C@H](Cc1ccccc1)NC(=O)COc1cccc(N2CCCC2=O)c1. The topological polar surface area (TPSA) is 84.9 Å². The zero-order chi connectivity index (χ0) is 20.6. The van der Waals surface area contributed by atoms with E-state index >= 15 is 0 Å². The maximum absolute atomic E-state index is 12.3. The van der Waals surface area contributed by atoms with Gasteiger partial charge in [0, 0.05) is 31.1 Å². The third-order valence-electron chi connectivity index (χ3n) is 4.68. The van der Waals surface area contributed by atoms with Gasteiger partial charge in [0.15, 0.2) is 6.61 Å². The molecule has 0 spiro atoms. The van der Waals surface area contributed by atoms with Crippen LogP contribution in [0.3, 0.4) is 0 Å². The molecule has 152 valence electrons. The second-order valence-electron chi connectivity index (χ2n) is 6.77. The van der Waals surface area contributed by atoms with Crippen molar-refractivity contribution < 1.29 is 23.9 Å². The van der Waals surface area contributed by atoms with Crippen LogP contribution in [-0.4, -0.2) is 44.1 Å². The van der Waals surface area contributed by atoms with Crippen molar-refractivity contribution >= 4 is 23.5 Å². The van der Waals surface area contributed by atoms with Gasteiger partial charge >= 0.3 is 5.97 Å². The molecule has 29 heavy (non-hydrogen) atoms. The van der Waals surface area contributed by atoms with Crippen LogP contribution >= 0.6 is 0 Å². The molecule has 0 unspecified atom stereocenters. The summed E-state index contributed by atoms with van der Waals surface area (Å²) in [5, 5.41) is 2.66. The van der Waals surface area contributed by atoms with E-state index in [1.807, 2.05) is 36.4 Å². The second-order valence-corrected chi connectivity index (χ2v) is 6.77. The molecule has 2 aromatic carbocycles. The van der Waals surface area contributed by atoms with Crippen molar-refractivity contribution in [3.8, 4) is 5.75 Å². The van der Waals surface area contributed by atoms with Crippen LogP contribution < -0.4 is 15.0 Å². The Kier molecular flexibility index (Phi) is 6.84. The molecule has 0 radical (unpaired) electrons. The number of nitrogens with zero attached hydrogens (tertiary/aromatic N) is 1. The van der Waals surface area contributed by atoms with E-state index in [-0.39, 0.29) is 12.5 Å². The van der Waals surface area contributed by atoms with Crippen LogP contribution in [-0.2, 0) is 25.5 Å². The van der Waals surface area contributed by atoms with E-state index in [9.17, 15) is 14.4 Å². The normalized spacial score (nSPS) is 14.4. The number of benzene rings is 2. The van der Waals surface area contributed by atoms with E-state index in [0.717, 1.165) is 17.7 Å². The molecule has 3 rings (SSSR count). The van der Waals surface area contributed by atoms with Crippen molar-refractivity contribution in [2.45, 2.75) is 25.3 Å². The number of amides is 2. The van der Waals surface area contributed by atoms with Crippen molar-refractivity contribution in [3.05, 3.63) is 60.2 Å². The van der Waals surface area contributed by atoms with Crippen molar-refractivity contribution in [2.75, 3.05) is 25.2 Å². The summed E-state index contributed by atoms with van der Waals surface area (Å²) < 4.78 is 10.4. The molecular formula is C22H24N2O5. The molecule has 0 bridgehead atoms. The molecule has 1 saturated heterocycles. The number of anilines is 1. The first-order chi connectivity index (χ1) is 14.1. The first-order valence-electron chi connectivity index (χ1n) is 9.51. The van der Waals surface area contributed by atoms with Gasteiger partial charge in [-0.05, 0) is 24.1 Å². The summed E-state index contributed by atoms with van der Waals surface area (Å²) in [7, 11) is 1.29. The highest BCUT2D eigenvalue weighted by atomic mass is 16.5. The summed E-state index contributed by atoms with van der Waals surface area (Å²) in [6.07, 6.45) is 1.71. The Morgan fingerprint density at radius 3 is 2.62 bits per heavy atom. The largest absolute Gasteiger partial charge is 0.484 e. The Hall–Kier alpha value is -3.35. The van der Waals surface area contributed by atoms with Gasteiger partial charge in [-0.3, -0.25) is 9.59 Å². The highest BCUT2D eigenvalue weighted by Crippen LogP contribution is 2.25. The highest BCUT2D eigenvalue weighted by molar-refractivity contribution is 5.95. The Balaban J connectivity index is 1.57. The van der Waals surface area contributed by atoms with E-state index in [1.54, 1.807) is 23.1 Å². The molecule has 7 heteroatoms. The molecule has 1 fully saturated rings. The second kappa shape index (κ2) is 9.73. The molecular weight excluding hydrogens is 372 g/mol. The molecule has 0 aromatic heterocycles. The molecule has 1 heterocycles. The quantitative estimate of drug-likeness (QED) is 0.691. The van der Waals surface area contributed by atoms with E-state index in [1.165, 1.54) is 7.11 Å². The summed E-state index contributed by atoms with van der Waals surface area (Å²) in [6.45, 7) is 0.433. The zero-order valence-corrected chi connectivity index (χ0v) is 16.3. The Bertz CT molecular complexity index is 869. The first kappa shape index (κ1) is 20.4. The van der Waals surface area contributed by atoms with Gasteiger partial charge in [-0.1, -0.05) is 36.4 Å². The van der Waals surface area contributed by atoms with Gasteiger partial charge < -0.3 is 19.7 Å². The number of hydrogen-bond acceptors (Lipinski definition) is 5. The lowest BCUT2D eigenvalue weighted by Crippen LogP contribution is -2.44. The summed E-state index contributed by atoms with van der Waals surface area (Å²) >= 11 is 0. The molecule has 0 aliphatic carbocycles. The van der Waals surface area contributed by atoms with E-state index in [2.05, 4.69) is 5.32 Å². The van der Waals surface area contributed by atoms with Crippen molar-refractivity contribution in [3.63, 3.8) is 0 Å². The lowest BCUT2D eigenvalue weighted by atomic mass is 10.1. The number of carbonyl (C=O) groups is 3. The van der Waals surface area contributed by atoms with Crippen LogP contribution in [0.4, 0.5) is 5.69 Å². The number of carbonyl (C=O) groups excluding carboxylic acids is 3. The van der Waals surface area contributed by atoms with Crippen LogP contribution in [0.2, 0.25) is 0 Å². The minimum atomic E-state index is -0.799. The molecule has 7 nitrogen and oxygen atoms in total. The lowest BCUT2D eigenvalue weighted by Gasteiger charge is -2.18. The number of methoxy groups -OCH3 is 1.